The predicted molar refractivity (Wildman–Crippen MR) is 74.2 cm³/mol. The molecule has 1 aliphatic heterocycles. The van der Waals surface area contributed by atoms with Gasteiger partial charge in [0.1, 0.15) is 0 Å². The highest BCUT2D eigenvalue weighted by Crippen LogP contribution is 1.99. The molecule has 0 saturated carbocycles. The lowest BCUT2D eigenvalue weighted by molar-refractivity contribution is -0.125. The molecular formula is C13H28N4O. The van der Waals surface area contributed by atoms with Crippen molar-refractivity contribution in [2.45, 2.75) is 45.7 Å². The van der Waals surface area contributed by atoms with Crippen molar-refractivity contribution in [2.24, 2.45) is 0 Å². The van der Waals surface area contributed by atoms with E-state index in [1.54, 1.807) is 0 Å². The molecule has 2 unspecified atom stereocenters. The van der Waals surface area contributed by atoms with E-state index < -0.39 is 0 Å². The van der Waals surface area contributed by atoms with Crippen molar-refractivity contribution in [2.75, 3.05) is 33.2 Å². The van der Waals surface area contributed by atoms with Crippen LogP contribution in [0.4, 0.5) is 0 Å². The minimum atomic E-state index is -0.160. The van der Waals surface area contributed by atoms with Crippen molar-refractivity contribution < 1.29 is 4.79 Å². The summed E-state index contributed by atoms with van der Waals surface area (Å²) in [5.41, 5.74) is 3.28. The molecule has 1 aliphatic rings. The van der Waals surface area contributed by atoms with Crippen LogP contribution in [0.3, 0.4) is 0 Å². The van der Waals surface area contributed by atoms with E-state index in [2.05, 4.69) is 41.5 Å². The average Bonchev–Trinajstić information content (AvgIpc) is 2.32. The molecule has 1 fully saturated rings. The van der Waals surface area contributed by atoms with Crippen LogP contribution in [0.15, 0.2) is 0 Å². The molecule has 0 aliphatic carbocycles. The highest BCUT2D eigenvalue weighted by molar-refractivity contribution is 5.81. The Balaban J connectivity index is 2.26. The molecule has 18 heavy (non-hydrogen) atoms. The molecule has 2 N–H and O–H groups in total. The maximum Gasteiger partial charge on any atom is 0.238 e. The van der Waals surface area contributed by atoms with Crippen molar-refractivity contribution in [1.29, 1.82) is 0 Å². The van der Waals surface area contributed by atoms with Crippen LogP contribution in [-0.2, 0) is 4.79 Å². The molecule has 0 spiro atoms. The summed E-state index contributed by atoms with van der Waals surface area (Å²) in [6, 6.07) is 0.104. The monoisotopic (exact) mass is 256 g/mol. The minimum Gasteiger partial charge on any atom is -0.352 e. The first kappa shape index (κ1) is 15.4. The standard InChI is InChI=1S/C13H28N4O/c1-5-6-11(2)14-13(18)12(3)15-17-9-7-16(4)8-10-17/h11-12,15H,5-10H2,1-4H3,(H,14,18). The number of carbonyl (C=O) groups excluding carboxylic acids is 1. The summed E-state index contributed by atoms with van der Waals surface area (Å²) in [5, 5.41) is 5.19. The van der Waals surface area contributed by atoms with Crippen LogP contribution in [-0.4, -0.2) is 61.1 Å². The molecular weight excluding hydrogens is 228 g/mol. The lowest BCUT2D eigenvalue weighted by Gasteiger charge is -2.34. The third-order valence-corrected chi connectivity index (χ3v) is 3.38. The lowest BCUT2D eigenvalue weighted by atomic mass is 10.2. The molecule has 0 aromatic carbocycles. The summed E-state index contributed by atoms with van der Waals surface area (Å²) in [6.07, 6.45) is 2.13. The van der Waals surface area contributed by atoms with E-state index in [1.165, 1.54) is 0 Å². The fourth-order valence-electron chi connectivity index (χ4n) is 2.14. The largest absolute Gasteiger partial charge is 0.352 e. The molecule has 0 bridgehead atoms. The molecule has 1 amide bonds. The predicted octanol–water partition coefficient (Wildman–Crippen LogP) is 0.432. The maximum absolute atomic E-state index is 12.0. The Bertz CT molecular complexity index is 251. The summed E-state index contributed by atoms with van der Waals surface area (Å²) in [5.74, 6) is 0.0925. The molecule has 0 aromatic heterocycles. The first-order valence-electron chi connectivity index (χ1n) is 7.03. The van der Waals surface area contributed by atoms with Gasteiger partial charge in [-0.05, 0) is 27.3 Å². The van der Waals surface area contributed by atoms with Crippen LogP contribution in [0.1, 0.15) is 33.6 Å². The summed E-state index contributed by atoms with van der Waals surface area (Å²) in [6.45, 7) is 10.2. The smallest absolute Gasteiger partial charge is 0.238 e. The van der Waals surface area contributed by atoms with Gasteiger partial charge in [-0.2, -0.15) is 0 Å². The Kier molecular flexibility index (Phi) is 6.60. The van der Waals surface area contributed by atoms with E-state index in [-0.39, 0.29) is 18.0 Å². The Morgan fingerprint density at radius 3 is 2.39 bits per heavy atom. The van der Waals surface area contributed by atoms with Crippen LogP contribution in [0.2, 0.25) is 0 Å². The molecule has 0 aromatic rings. The molecule has 1 heterocycles. The highest BCUT2D eigenvalue weighted by atomic mass is 16.2. The van der Waals surface area contributed by atoms with Gasteiger partial charge >= 0.3 is 0 Å². The van der Waals surface area contributed by atoms with E-state index in [0.717, 1.165) is 39.0 Å². The van der Waals surface area contributed by atoms with Crippen molar-refractivity contribution in [3.63, 3.8) is 0 Å². The lowest BCUT2D eigenvalue weighted by Crippen LogP contribution is -2.57. The van der Waals surface area contributed by atoms with Crippen molar-refractivity contribution in [1.82, 2.24) is 20.7 Å². The molecule has 5 heteroatoms. The number of rotatable bonds is 6. The Labute approximate surface area is 111 Å². The van der Waals surface area contributed by atoms with Gasteiger partial charge in [-0.1, -0.05) is 13.3 Å². The topological polar surface area (TPSA) is 47.6 Å². The first-order valence-corrected chi connectivity index (χ1v) is 7.03. The van der Waals surface area contributed by atoms with Crippen LogP contribution >= 0.6 is 0 Å². The van der Waals surface area contributed by atoms with Gasteiger partial charge < -0.3 is 10.2 Å². The van der Waals surface area contributed by atoms with Gasteiger partial charge in [-0.25, -0.2) is 10.4 Å². The second-order valence-corrected chi connectivity index (χ2v) is 5.34. The number of hydrazine groups is 1. The quantitative estimate of drug-likeness (QED) is 0.723. The maximum atomic E-state index is 12.0. The number of carbonyl (C=O) groups is 1. The second-order valence-electron chi connectivity index (χ2n) is 5.34. The summed E-state index contributed by atoms with van der Waals surface area (Å²) >= 11 is 0. The number of piperazine rings is 1. The SMILES string of the molecule is CCCC(C)NC(=O)C(C)NN1CCN(C)CC1. The number of likely N-dealkylation sites (N-methyl/N-ethyl adjacent to an activating group) is 1. The summed E-state index contributed by atoms with van der Waals surface area (Å²) < 4.78 is 0. The molecule has 106 valence electrons. The fraction of sp³-hybridized carbons (Fsp3) is 0.923. The van der Waals surface area contributed by atoms with Crippen LogP contribution in [0.5, 0.6) is 0 Å². The Morgan fingerprint density at radius 2 is 1.83 bits per heavy atom. The van der Waals surface area contributed by atoms with Crippen molar-refractivity contribution in [3.05, 3.63) is 0 Å². The Hall–Kier alpha value is -0.650. The van der Waals surface area contributed by atoms with Crippen molar-refractivity contribution in [3.8, 4) is 0 Å². The summed E-state index contributed by atoms with van der Waals surface area (Å²) in [4.78, 5) is 14.3. The number of amides is 1. The first-order chi connectivity index (χ1) is 8.52. The molecule has 0 radical (unpaired) electrons. The highest BCUT2D eigenvalue weighted by Gasteiger charge is 2.20. The molecule has 1 rings (SSSR count). The third-order valence-electron chi connectivity index (χ3n) is 3.38. The van der Waals surface area contributed by atoms with E-state index in [4.69, 9.17) is 0 Å². The zero-order chi connectivity index (χ0) is 13.5. The van der Waals surface area contributed by atoms with E-state index in [1.807, 2.05) is 6.92 Å². The van der Waals surface area contributed by atoms with Crippen LogP contribution in [0.25, 0.3) is 0 Å². The average molecular weight is 256 g/mol. The van der Waals surface area contributed by atoms with Gasteiger partial charge in [0.05, 0.1) is 6.04 Å². The van der Waals surface area contributed by atoms with Gasteiger partial charge in [0, 0.05) is 32.2 Å². The number of nitrogens with zero attached hydrogens (tertiary/aromatic N) is 2. The normalized spacial score (nSPS) is 21.6. The van der Waals surface area contributed by atoms with Gasteiger partial charge in [-0.3, -0.25) is 4.79 Å². The summed E-state index contributed by atoms with van der Waals surface area (Å²) in [7, 11) is 2.12. The van der Waals surface area contributed by atoms with Gasteiger partial charge in [0.2, 0.25) is 5.91 Å². The third kappa shape index (κ3) is 5.33. The van der Waals surface area contributed by atoms with E-state index >= 15 is 0 Å². The molecule has 5 nitrogen and oxygen atoms in total. The molecule has 2 atom stereocenters. The van der Waals surface area contributed by atoms with Crippen LogP contribution < -0.4 is 10.7 Å². The van der Waals surface area contributed by atoms with Gasteiger partial charge in [0.15, 0.2) is 0 Å². The minimum absolute atomic E-state index is 0.0925. The second kappa shape index (κ2) is 7.71. The zero-order valence-electron chi connectivity index (χ0n) is 12.2. The Morgan fingerprint density at radius 1 is 1.22 bits per heavy atom. The van der Waals surface area contributed by atoms with Crippen LogP contribution in [0, 0.1) is 0 Å². The number of hydrogen-bond donors (Lipinski definition) is 2. The van der Waals surface area contributed by atoms with E-state index in [0.29, 0.717) is 0 Å². The van der Waals surface area contributed by atoms with Crippen molar-refractivity contribution >= 4 is 5.91 Å². The number of hydrogen-bond acceptors (Lipinski definition) is 4. The van der Waals surface area contributed by atoms with Gasteiger partial charge in [0.25, 0.3) is 0 Å². The number of nitrogens with one attached hydrogen (secondary N) is 2. The molecule has 1 saturated heterocycles. The van der Waals surface area contributed by atoms with E-state index in [9.17, 15) is 4.79 Å². The zero-order valence-corrected chi connectivity index (χ0v) is 12.2. The fourth-order valence-corrected chi connectivity index (χ4v) is 2.14. The van der Waals surface area contributed by atoms with Gasteiger partial charge in [-0.15, -0.1) is 0 Å².